The molecule has 2 aromatic rings. The van der Waals surface area contributed by atoms with Gasteiger partial charge in [-0.3, -0.25) is 4.79 Å². The number of carbonyl (C=O) groups excluding carboxylic acids is 1. The molecule has 146 valence electrons. The number of hydrogen-bond donors (Lipinski definition) is 1. The van der Waals surface area contributed by atoms with E-state index in [4.69, 9.17) is 0 Å². The molecule has 1 unspecified atom stereocenters. The lowest BCUT2D eigenvalue weighted by molar-refractivity contribution is -0.133. The lowest BCUT2D eigenvalue weighted by Gasteiger charge is -2.30. The van der Waals surface area contributed by atoms with Crippen molar-refractivity contribution in [1.82, 2.24) is 10.2 Å². The molecule has 1 heterocycles. The Morgan fingerprint density at radius 3 is 1.93 bits per heavy atom. The molecule has 0 aromatic heterocycles. The van der Waals surface area contributed by atoms with Gasteiger partial charge in [0.25, 0.3) is 0 Å². The normalized spacial score (nSPS) is 15.6. The van der Waals surface area contributed by atoms with Crippen LogP contribution in [-0.4, -0.2) is 23.9 Å². The minimum Gasteiger partial charge on any atom is -0.334 e. The molecule has 0 radical (unpaired) electrons. The third kappa shape index (κ3) is 6.67. The largest absolute Gasteiger partial charge is 0.334 e. The molecular weight excluding hydrogens is 356 g/mol. The number of halogens is 1. The van der Waals surface area contributed by atoms with E-state index in [0.29, 0.717) is 31.3 Å². The van der Waals surface area contributed by atoms with Crippen LogP contribution in [0.15, 0.2) is 60.7 Å². The Morgan fingerprint density at radius 1 is 0.963 bits per heavy atom. The van der Waals surface area contributed by atoms with E-state index in [0.717, 1.165) is 13.1 Å². The second-order valence-corrected chi connectivity index (χ2v) is 7.49. The molecule has 1 aliphatic heterocycles. The van der Waals surface area contributed by atoms with Crippen LogP contribution in [0.25, 0.3) is 0 Å². The summed E-state index contributed by atoms with van der Waals surface area (Å²) < 4.78 is 0. The van der Waals surface area contributed by atoms with Crippen molar-refractivity contribution in [3.05, 3.63) is 71.8 Å². The predicted octanol–water partition coefficient (Wildman–Crippen LogP) is 4.66. The van der Waals surface area contributed by atoms with Crippen molar-refractivity contribution in [2.75, 3.05) is 13.1 Å². The van der Waals surface area contributed by atoms with Crippen LogP contribution in [0.2, 0.25) is 0 Å². The molecule has 1 saturated heterocycles. The molecular formula is C23H31ClN2O. The highest BCUT2D eigenvalue weighted by atomic mass is 35.5. The van der Waals surface area contributed by atoms with Crippen LogP contribution >= 0.6 is 12.4 Å². The van der Waals surface area contributed by atoms with Gasteiger partial charge in [0.1, 0.15) is 0 Å². The summed E-state index contributed by atoms with van der Waals surface area (Å²) in [6, 6.07) is 20.6. The summed E-state index contributed by atoms with van der Waals surface area (Å²) in [5.41, 5.74) is 2.37. The third-order valence-corrected chi connectivity index (χ3v) is 5.47. The van der Waals surface area contributed by atoms with Gasteiger partial charge in [-0.25, -0.2) is 0 Å². The van der Waals surface area contributed by atoms with Gasteiger partial charge in [0.05, 0.1) is 0 Å². The summed E-state index contributed by atoms with van der Waals surface area (Å²) in [6.45, 7) is 5.76. The zero-order valence-corrected chi connectivity index (χ0v) is 17.0. The van der Waals surface area contributed by atoms with Gasteiger partial charge in [-0.15, -0.1) is 12.4 Å². The number of benzene rings is 2. The predicted molar refractivity (Wildman–Crippen MR) is 114 cm³/mol. The van der Waals surface area contributed by atoms with Crippen LogP contribution < -0.4 is 5.32 Å². The van der Waals surface area contributed by atoms with Gasteiger partial charge in [0, 0.05) is 19.5 Å². The van der Waals surface area contributed by atoms with Crippen molar-refractivity contribution in [2.45, 2.75) is 39.3 Å². The van der Waals surface area contributed by atoms with Gasteiger partial charge >= 0.3 is 0 Å². The maximum Gasteiger partial charge on any atom is 0.223 e. The van der Waals surface area contributed by atoms with E-state index in [9.17, 15) is 4.79 Å². The van der Waals surface area contributed by atoms with E-state index in [1.807, 2.05) is 41.3 Å². The molecule has 4 heteroatoms. The minimum absolute atomic E-state index is 0. The first-order valence-corrected chi connectivity index (χ1v) is 9.78. The summed E-state index contributed by atoms with van der Waals surface area (Å²) >= 11 is 0. The molecule has 0 saturated carbocycles. The van der Waals surface area contributed by atoms with Crippen molar-refractivity contribution in [3.8, 4) is 0 Å². The van der Waals surface area contributed by atoms with Gasteiger partial charge in [0.2, 0.25) is 5.91 Å². The maximum atomic E-state index is 13.1. The van der Waals surface area contributed by atoms with Gasteiger partial charge in [-0.1, -0.05) is 67.6 Å². The highest BCUT2D eigenvalue weighted by molar-refractivity contribution is 5.85. The van der Waals surface area contributed by atoms with Crippen LogP contribution in [-0.2, 0) is 17.9 Å². The van der Waals surface area contributed by atoms with Crippen molar-refractivity contribution < 1.29 is 4.79 Å². The first-order chi connectivity index (χ1) is 12.7. The van der Waals surface area contributed by atoms with Crippen LogP contribution in [0.4, 0.5) is 0 Å². The van der Waals surface area contributed by atoms with Crippen molar-refractivity contribution in [3.63, 3.8) is 0 Å². The fraction of sp³-hybridized carbons (Fsp3) is 0.435. The number of nitrogens with zero attached hydrogens (tertiary/aromatic N) is 1. The summed E-state index contributed by atoms with van der Waals surface area (Å²) in [6.07, 6.45) is 3.02. The Hall–Kier alpha value is -1.84. The second kappa shape index (κ2) is 11.1. The topological polar surface area (TPSA) is 32.3 Å². The van der Waals surface area contributed by atoms with Crippen molar-refractivity contribution in [2.24, 2.45) is 11.8 Å². The fourth-order valence-electron chi connectivity index (χ4n) is 3.82. The van der Waals surface area contributed by atoms with Crippen molar-refractivity contribution >= 4 is 18.3 Å². The Labute approximate surface area is 169 Å². The van der Waals surface area contributed by atoms with Crippen LogP contribution in [0, 0.1) is 11.8 Å². The molecule has 27 heavy (non-hydrogen) atoms. The number of piperidine rings is 1. The van der Waals surface area contributed by atoms with Crippen LogP contribution in [0.5, 0.6) is 0 Å². The number of rotatable bonds is 7. The highest BCUT2D eigenvalue weighted by Crippen LogP contribution is 2.25. The first-order valence-electron chi connectivity index (χ1n) is 9.78. The molecule has 0 spiro atoms. The lowest BCUT2D eigenvalue weighted by atomic mass is 9.84. The quantitative estimate of drug-likeness (QED) is 0.750. The number of amides is 1. The Balaban J connectivity index is 0.00000261. The summed E-state index contributed by atoms with van der Waals surface area (Å²) in [7, 11) is 0. The molecule has 1 amide bonds. The smallest absolute Gasteiger partial charge is 0.223 e. The van der Waals surface area contributed by atoms with E-state index < -0.39 is 0 Å². The van der Waals surface area contributed by atoms with Crippen LogP contribution in [0.1, 0.15) is 37.3 Å². The van der Waals surface area contributed by atoms with Gasteiger partial charge in [-0.05, 0) is 48.9 Å². The van der Waals surface area contributed by atoms with E-state index in [1.54, 1.807) is 0 Å². The Morgan fingerprint density at radius 2 is 1.44 bits per heavy atom. The number of nitrogens with one attached hydrogen (secondary N) is 1. The summed E-state index contributed by atoms with van der Waals surface area (Å²) in [5, 5.41) is 3.42. The molecule has 3 nitrogen and oxygen atoms in total. The van der Waals surface area contributed by atoms with E-state index in [2.05, 4.69) is 36.5 Å². The molecule has 1 fully saturated rings. The Bertz CT molecular complexity index is 630. The fourth-order valence-corrected chi connectivity index (χ4v) is 3.82. The average Bonchev–Trinajstić information content (AvgIpc) is 2.69. The first kappa shape index (κ1) is 21.5. The molecule has 0 aliphatic carbocycles. The molecule has 2 aromatic carbocycles. The van der Waals surface area contributed by atoms with E-state index >= 15 is 0 Å². The van der Waals surface area contributed by atoms with E-state index in [-0.39, 0.29) is 18.3 Å². The van der Waals surface area contributed by atoms with Gasteiger partial charge in [-0.2, -0.15) is 0 Å². The zero-order valence-electron chi connectivity index (χ0n) is 16.1. The van der Waals surface area contributed by atoms with E-state index in [1.165, 1.54) is 24.0 Å². The SMILES string of the molecule is CC(CC(=O)N(Cc1ccccc1)Cc1ccccc1)C1CCNCC1.Cl. The minimum atomic E-state index is 0. The molecule has 1 atom stereocenters. The lowest BCUT2D eigenvalue weighted by Crippen LogP contribution is -2.35. The van der Waals surface area contributed by atoms with Crippen molar-refractivity contribution in [1.29, 1.82) is 0 Å². The maximum absolute atomic E-state index is 13.1. The second-order valence-electron chi connectivity index (χ2n) is 7.49. The zero-order chi connectivity index (χ0) is 18.2. The number of hydrogen-bond acceptors (Lipinski definition) is 2. The van der Waals surface area contributed by atoms with Crippen LogP contribution in [0.3, 0.4) is 0 Å². The highest BCUT2D eigenvalue weighted by Gasteiger charge is 2.24. The Kier molecular flexibility index (Phi) is 8.83. The summed E-state index contributed by atoms with van der Waals surface area (Å²) in [4.78, 5) is 15.1. The molecule has 3 rings (SSSR count). The third-order valence-electron chi connectivity index (χ3n) is 5.47. The average molecular weight is 387 g/mol. The standard InChI is InChI=1S/C23H30N2O.ClH/c1-19(22-12-14-24-15-13-22)16-23(26)25(17-20-8-4-2-5-9-20)18-21-10-6-3-7-11-21;/h2-11,19,22,24H,12-18H2,1H3;1H. The monoisotopic (exact) mass is 386 g/mol. The molecule has 0 bridgehead atoms. The number of carbonyl (C=O) groups is 1. The van der Waals surface area contributed by atoms with Gasteiger partial charge in [0.15, 0.2) is 0 Å². The van der Waals surface area contributed by atoms with Gasteiger partial charge < -0.3 is 10.2 Å². The molecule has 1 aliphatic rings. The summed E-state index contributed by atoms with van der Waals surface area (Å²) in [5.74, 6) is 1.37. The molecule has 1 N–H and O–H groups in total.